The summed E-state index contributed by atoms with van der Waals surface area (Å²) >= 11 is 6.06. The largest absolute Gasteiger partial charge is 0.493 e. The fraction of sp³-hybridized carbons (Fsp3) is 0.625. The van der Waals surface area contributed by atoms with Crippen LogP contribution >= 0.6 is 11.6 Å². The van der Waals surface area contributed by atoms with Gasteiger partial charge in [0.1, 0.15) is 5.75 Å². The predicted molar refractivity (Wildman–Crippen MR) is 83.0 cm³/mol. The summed E-state index contributed by atoms with van der Waals surface area (Å²) in [5.74, 6) is 1.55. The first-order valence-electron chi connectivity index (χ1n) is 7.29. The third-order valence-corrected chi connectivity index (χ3v) is 3.30. The molecule has 0 aliphatic rings. The van der Waals surface area contributed by atoms with Crippen molar-refractivity contribution in [3.63, 3.8) is 0 Å². The van der Waals surface area contributed by atoms with Gasteiger partial charge in [-0.1, -0.05) is 38.8 Å². The lowest BCUT2D eigenvalue weighted by Gasteiger charge is -2.15. The molecule has 0 saturated carbocycles. The molecule has 0 bridgehead atoms. The van der Waals surface area contributed by atoms with Crippen LogP contribution in [0.15, 0.2) is 18.2 Å². The molecule has 1 rings (SSSR count). The average molecular weight is 284 g/mol. The molecule has 0 radical (unpaired) electrons. The van der Waals surface area contributed by atoms with Crippen molar-refractivity contribution < 1.29 is 4.74 Å². The van der Waals surface area contributed by atoms with E-state index in [1.807, 2.05) is 18.2 Å². The van der Waals surface area contributed by atoms with Crippen molar-refractivity contribution >= 4 is 11.6 Å². The fourth-order valence-electron chi connectivity index (χ4n) is 2.03. The lowest BCUT2D eigenvalue weighted by molar-refractivity contribution is 0.249. The first-order valence-corrected chi connectivity index (χ1v) is 7.67. The maximum absolute atomic E-state index is 6.06. The maximum atomic E-state index is 6.06. The van der Waals surface area contributed by atoms with Crippen molar-refractivity contribution in [2.24, 2.45) is 5.92 Å². The van der Waals surface area contributed by atoms with E-state index in [1.165, 1.54) is 12.8 Å². The second-order valence-corrected chi connectivity index (χ2v) is 5.57. The van der Waals surface area contributed by atoms with E-state index in [0.29, 0.717) is 5.92 Å². The highest BCUT2D eigenvalue weighted by Gasteiger charge is 2.07. The normalized spacial score (nSPS) is 12.4. The van der Waals surface area contributed by atoms with Gasteiger partial charge in [0.05, 0.1) is 6.61 Å². The highest BCUT2D eigenvalue weighted by molar-refractivity contribution is 6.30. The van der Waals surface area contributed by atoms with Crippen LogP contribution < -0.4 is 10.1 Å². The number of ether oxygens (including phenoxy) is 1. The van der Waals surface area contributed by atoms with Crippen LogP contribution in [-0.2, 0) is 6.54 Å². The maximum Gasteiger partial charge on any atom is 0.123 e. The molecule has 1 atom stereocenters. The van der Waals surface area contributed by atoms with Crippen molar-refractivity contribution in [1.29, 1.82) is 0 Å². The first kappa shape index (κ1) is 16.3. The van der Waals surface area contributed by atoms with Crippen LogP contribution in [-0.4, -0.2) is 13.2 Å². The molecule has 0 aromatic heterocycles. The summed E-state index contributed by atoms with van der Waals surface area (Å²) < 4.78 is 5.94. The fourth-order valence-corrected chi connectivity index (χ4v) is 2.23. The van der Waals surface area contributed by atoms with Gasteiger partial charge in [0.15, 0.2) is 0 Å². The zero-order valence-corrected chi connectivity index (χ0v) is 13.1. The van der Waals surface area contributed by atoms with E-state index in [-0.39, 0.29) is 0 Å². The molecule has 0 spiro atoms. The number of halogens is 1. The molecule has 2 nitrogen and oxygen atoms in total. The molecule has 0 aliphatic heterocycles. The van der Waals surface area contributed by atoms with Crippen molar-refractivity contribution in [3.8, 4) is 5.75 Å². The van der Waals surface area contributed by atoms with E-state index < -0.39 is 0 Å². The summed E-state index contributed by atoms with van der Waals surface area (Å²) in [7, 11) is 0. The zero-order chi connectivity index (χ0) is 14.1. The lowest BCUT2D eigenvalue weighted by atomic mass is 10.1. The molecule has 108 valence electrons. The minimum Gasteiger partial charge on any atom is -0.493 e. The molecule has 0 amide bonds. The van der Waals surface area contributed by atoms with Gasteiger partial charge in [-0.15, -0.1) is 0 Å². The Morgan fingerprint density at radius 2 is 2.05 bits per heavy atom. The Morgan fingerprint density at radius 3 is 2.74 bits per heavy atom. The van der Waals surface area contributed by atoms with Crippen molar-refractivity contribution in [1.82, 2.24) is 5.32 Å². The van der Waals surface area contributed by atoms with E-state index in [4.69, 9.17) is 16.3 Å². The highest BCUT2D eigenvalue weighted by atomic mass is 35.5. The van der Waals surface area contributed by atoms with Gasteiger partial charge >= 0.3 is 0 Å². The molecule has 0 heterocycles. The summed E-state index contributed by atoms with van der Waals surface area (Å²) in [4.78, 5) is 0. The van der Waals surface area contributed by atoms with E-state index in [0.717, 1.165) is 42.5 Å². The van der Waals surface area contributed by atoms with Crippen molar-refractivity contribution in [3.05, 3.63) is 28.8 Å². The minimum absolute atomic E-state index is 0.595. The number of nitrogens with one attached hydrogen (secondary N) is 1. The van der Waals surface area contributed by atoms with Gasteiger partial charge in [0, 0.05) is 17.1 Å². The van der Waals surface area contributed by atoms with Crippen LogP contribution in [0.3, 0.4) is 0 Å². The molecule has 0 fully saturated rings. The van der Waals surface area contributed by atoms with E-state index >= 15 is 0 Å². The SMILES string of the molecule is CCCNCc1cc(Cl)ccc1OCC(C)CCC. The van der Waals surface area contributed by atoms with E-state index in [9.17, 15) is 0 Å². The Balaban J connectivity index is 2.59. The van der Waals surface area contributed by atoms with Gasteiger partial charge in [0.25, 0.3) is 0 Å². The first-order chi connectivity index (χ1) is 9.17. The van der Waals surface area contributed by atoms with Crippen LogP contribution in [0.1, 0.15) is 45.6 Å². The van der Waals surface area contributed by atoms with Gasteiger partial charge in [-0.05, 0) is 43.5 Å². The summed E-state index contributed by atoms with van der Waals surface area (Å²) in [6, 6.07) is 5.86. The zero-order valence-electron chi connectivity index (χ0n) is 12.3. The number of rotatable bonds is 9. The molecule has 0 aliphatic carbocycles. The van der Waals surface area contributed by atoms with Crippen LogP contribution in [0.2, 0.25) is 5.02 Å². The Kier molecular flexibility index (Phi) is 7.92. The second kappa shape index (κ2) is 9.22. The summed E-state index contributed by atoms with van der Waals surface area (Å²) in [6.07, 6.45) is 3.54. The molecule has 3 heteroatoms. The van der Waals surface area contributed by atoms with Crippen LogP contribution in [0.5, 0.6) is 5.75 Å². The molecule has 1 N–H and O–H groups in total. The number of benzene rings is 1. The van der Waals surface area contributed by atoms with Crippen molar-refractivity contribution in [2.45, 2.75) is 46.6 Å². The van der Waals surface area contributed by atoms with E-state index in [2.05, 4.69) is 26.1 Å². The second-order valence-electron chi connectivity index (χ2n) is 5.13. The van der Waals surface area contributed by atoms with Crippen LogP contribution in [0.4, 0.5) is 0 Å². The standard InChI is InChI=1S/C16H26ClNO/c1-4-6-13(3)12-19-16-8-7-15(17)10-14(16)11-18-9-5-2/h7-8,10,13,18H,4-6,9,11-12H2,1-3H3. The Morgan fingerprint density at radius 1 is 1.26 bits per heavy atom. The van der Waals surface area contributed by atoms with Gasteiger partial charge in [0.2, 0.25) is 0 Å². The van der Waals surface area contributed by atoms with Crippen LogP contribution in [0.25, 0.3) is 0 Å². The third kappa shape index (κ3) is 6.31. The van der Waals surface area contributed by atoms with Crippen molar-refractivity contribution in [2.75, 3.05) is 13.2 Å². The summed E-state index contributed by atoms with van der Waals surface area (Å²) in [5.41, 5.74) is 1.14. The van der Waals surface area contributed by atoms with E-state index in [1.54, 1.807) is 0 Å². The van der Waals surface area contributed by atoms with Gasteiger partial charge < -0.3 is 10.1 Å². The average Bonchev–Trinajstić information content (AvgIpc) is 2.38. The van der Waals surface area contributed by atoms with Gasteiger partial charge in [-0.25, -0.2) is 0 Å². The monoisotopic (exact) mass is 283 g/mol. The minimum atomic E-state index is 0.595. The molecule has 1 unspecified atom stereocenters. The molecule has 0 saturated heterocycles. The smallest absolute Gasteiger partial charge is 0.123 e. The third-order valence-electron chi connectivity index (χ3n) is 3.07. The lowest BCUT2D eigenvalue weighted by Crippen LogP contribution is -2.16. The predicted octanol–water partition coefficient (Wildman–Crippen LogP) is 4.65. The van der Waals surface area contributed by atoms with Crippen LogP contribution in [0, 0.1) is 5.92 Å². The molecular weight excluding hydrogens is 258 g/mol. The van der Waals surface area contributed by atoms with Gasteiger partial charge in [-0.3, -0.25) is 0 Å². The Hall–Kier alpha value is -0.730. The Bertz CT molecular complexity index is 368. The summed E-state index contributed by atoms with van der Waals surface area (Å²) in [5, 5.41) is 4.16. The number of hydrogen-bond donors (Lipinski definition) is 1. The molecule has 1 aromatic rings. The highest BCUT2D eigenvalue weighted by Crippen LogP contribution is 2.23. The molecule has 1 aromatic carbocycles. The number of hydrogen-bond acceptors (Lipinski definition) is 2. The topological polar surface area (TPSA) is 21.3 Å². The van der Waals surface area contributed by atoms with Gasteiger partial charge in [-0.2, -0.15) is 0 Å². The molecular formula is C16H26ClNO. The Labute approximate surface area is 122 Å². The quantitative estimate of drug-likeness (QED) is 0.666. The summed E-state index contributed by atoms with van der Waals surface area (Å²) in [6.45, 7) is 9.20. The molecule has 19 heavy (non-hydrogen) atoms.